The van der Waals surface area contributed by atoms with E-state index in [0.717, 1.165) is 11.1 Å². The number of allylic oxidation sites excluding steroid dienone is 1. The molecule has 0 aliphatic carbocycles. The zero-order valence-electron chi connectivity index (χ0n) is 7.83. The minimum atomic E-state index is 0.226. The minimum Gasteiger partial charge on any atom is -0.211 e. The van der Waals surface area contributed by atoms with Crippen molar-refractivity contribution in [2.24, 2.45) is 4.99 Å². The molecule has 0 radical (unpaired) electrons. The molecule has 1 aromatic rings. The molecule has 0 N–H and O–H groups in total. The van der Waals surface area contributed by atoms with Gasteiger partial charge in [-0.15, -0.1) is 0 Å². The van der Waals surface area contributed by atoms with Crippen LogP contribution in [0.25, 0.3) is 0 Å². The number of hydrogen-bond donors (Lipinski definition) is 0. The Morgan fingerprint density at radius 2 is 2.07 bits per heavy atom. The summed E-state index contributed by atoms with van der Waals surface area (Å²) in [7, 11) is 0. The first-order chi connectivity index (χ1) is 6.74. The Balaban J connectivity index is 2.80. The number of isocyanates is 1. The van der Waals surface area contributed by atoms with E-state index in [-0.39, 0.29) is 5.16 Å². The van der Waals surface area contributed by atoms with Crippen molar-refractivity contribution in [3.05, 3.63) is 46.6 Å². The molecule has 0 heterocycles. The molecule has 0 aliphatic rings. The standard InChI is InChI=1S/C11H10ClNO/c1-9(11(12)13-8-14)7-10-5-3-2-4-6-10/h2-6H,7H2,1H3/b11-9+. The van der Waals surface area contributed by atoms with Crippen LogP contribution in [0.3, 0.4) is 0 Å². The summed E-state index contributed by atoms with van der Waals surface area (Å²) in [5, 5.41) is 0.226. The molecule has 1 aromatic carbocycles. The van der Waals surface area contributed by atoms with Crippen molar-refractivity contribution < 1.29 is 4.79 Å². The first-order valence-electron chi connectivity index (χ1n) is 4.21. The van der Waals surface area contributed by atoms with Crippen molar-refractivity contribution in [2.45, 2.75) is 13.3 Å². The third-order valence-electron chi connectivity index (χ3n) is 1.81. The summed E-state index contributed by atoms with van der Waals surface area (Å²) in [4.78, 5) is 13.3. The van der Waals surface area contributed by atoms with Gasteiger partial charge in [0.15, 0.2) is 0 Å². The van der Waals surface area contributed by atoms with E-state index >= 15 is 0 Å². The highest BCUT2D eigenvalue weighted by molar-refractivity contribution is 6.30. The van der Waals surface area contributed by atoms with Crippen molar-refractivity contribution in [2.75, 3.05) is 0 Å². The third-order valence-corrected chi connectivity index (χ3v) is 2.22. The van der Waals surface area contributed by atoms with Crippen LogP contribution in [0.2, 0.25) is 0 Å². The molecular formula is C11H10ClNO. The van der Waals surface area contributed by atoms with Crippen molar-refractivity contribution in [1.82, 2.24) is 0 Å². The van der Waals surface area contributed by atoms with E-state index in [9.17, 15) is 4.79 Å². The number of aliphatic imine (C=N–C) groups is 1. The fourth-order valence-electron chi connectivity index (χ4n) is 1.11. The highest BCUT2D eigenvalue weighted by atomic mass is 35.5. The molecule has 1 rings (SSSR count). The summed E-state index contributed by atoms with van der Waals surface area (Å²) in [6.07, 6.45) is 2.12. The van der Waals surface area contributed by atoms with Crippen LogP contribution in [-0.2, 0) is 11.2 Å². The highest BCUT2D eigenvalue weighted by Gasteiger charge is 1.99. The first-order valence-corrected chi connectivity index (χ1v) is 4.59. The van der Waals surface area contributed by atoms with Crippen LogP contribution in [0.15, 0.2) is 46.1 Å². The van der Waals surface area contributed by atoms with Gasteiger partial charge < -0.3 is 0 Å². The Labute approximate surface area is 87.9 Å². The average Bonchev–Trinajstić information content (AvgIpc) is 2.19. The molecule has 3 heteroatoms. The van der Waals surface area contributed by atoms with Crippen molar-refractivity contribution >= 4 is 17.7 Å². The molecule has 0 aliphatic heterocycles. The second-order valence-corrected chi connectivity index (χ2v) is 3.29. The van der Waals surface area contributed by atoms with Gasteiger partial charge in [0.05, 0.1) is 0 Å². The summed E-state index contributed by atoms with van der Waals surface area (Å²) in [6, 6.07) is 9.86. The number of halogens is 1. The van der Waals surface area contributed by atoms with E-state index in [0.29, 0.717) is 6.42 Å². The van der Waals surface area contributed by atoms with E-state index in [1.165, 1.54) is 6.08 Å². The van der Waals surface area contributed by atoms with Gasteiger partial charge >= 0.3 is 0 Å². The second-order valence-electron chi connectivity index (χ2n) is 2.94. The number of hydrogen-bond acceptors (Lipinski definition) is 2. The first kappa shape index (κ1) is 10.7. The maximum Gasteiger partial charge on any atom is 0.241 e. The molecule has 0 saturated carbocycles. The van der Waals surface area contributed by atoms with E-state index < -0.39 is 0 Å². The fourth-order valence-corrected chi connectivity index (χ4v) is 1.21. The molecule has 0 amide bonds. The molecule has 0 bridgehead atoms. The lowest BCUT2D eigenvalue weighted by atomic mass is 10.1. The van der Waals surface area contributed by atoms with Gasteiger partial charge in [-0.25, -0.2) is 4.79 Å². The fraction of sp³-hybridized carbons (Fsp3) is 0.182. The average molecular weight is 208 g/mol. The Kier molecular flexibility index (Phi) is 4.11. The molecule has 0 spiro atoms. The van der Waals surface area contributed by atoms with Crippen LogP contribution in [0, 0.1) is 0 Å². The maximum absolute atomic E-state index is 9.96. The molecule has 0 saturated heterocycles. The molecule has 0 aromatic heterocycles. The van der Waals surface area contributed by atoms with Gasteiger partial charge in [-0.1, -0.05) is 41.9 Å². The van der Waals surface area contributed by atoms with Crippen LogP contribution in [0.1, 0.15) is 12.5 Å². The lowest BCUT2D eigenvalue weighted by molar-refractivity contribution is 0.565. The van der Waals surface area contributed by atoms with Gasteiger partial charge in [0.2, 0.25) is 6.08 Å². The van der Waals surface area contributed by atoms with Crippen LogP contribution in [0.4, 0.5) is 0 Å². The van der Waals surface area contributed by atoms with Gasteiger partial charge in [0.25, 0.3) is 0 Å². The molecule has 0 fully saturated rings. The lowest BCUT2D eigenvalue weighted by Gasteiger charge is -2.01. The summed E-state index contributed by atoms with van der Waals surface area (Å²) in [5.41, 5.74) is 2.01. The second kappa shape index (κ2) is 5.38. The Hall–Kier alpha value is -1.37. The van der Waals surface area contributed by atoms with Crippen LogP contribution >= 0.6 is 11.6 Å². The number of rotatable bonds is 3. The maximum atomic E-state index is 9.96. The zero-order valence-corrected chi connectivity index (χ0v) is 8.58. The smallest absolute Gasteiger partial charge is 0.211 e. The summed E-state index contributed by atoms with van der Waals surface area (Å²) in [5.74, 6) is 0. The Bertz CT molecular complexity index is 378. The van der Waals surface area contributed by atoms with E-state index in [2.05, 4.69) is 4.99 Å². The topological polar surface area (TPSA) is 29.4 Å². The Morgan fingerprint density at radius 3 is 2.64 bits per heavy atom. The van der Waals surface area contributed by atoms with Gasteiger partial charge in [-0.05, 0) is 24.5 Å². The molecule has 14 heavy (non-hydrogen) atoms. The number of nitrogens with zero attached hydrogens (tertiary/aromatic N) is 1. The summed E-state index contributed by atoms with van der Waals surface area (Å²) < 4.78 is 0. The molecular weight excluding hydrogens is 198 g/mol. The predicted molar refractivity (Wildman–Crippen MR) is 56.8 cm³/mol. The largest absolute Gasteiger partial charge is 0.241 e. The minimum absolute atomic E-state index is 0.226. The third kappa shape index (κ3) is 3.17. The van der Waals surface area contributed by atoms with E-state index in [1.807, 2.05) is 37.3 Å². The molecule has 72 valence electrons. The van der Waals surface area contributed by atoms with Crippen molar-refractivity contribution in [3.63, 3.8) is 0 Å². The van der Waals surface area contributed by atoms with Gasteiger partial charge in [-0.2, -0.15) is 4.99 Å². The van der Waals surface area contributed by atoms with E-state index in [4.69, 9.17) is 11.6 Å². The quantitative estimate of drug-likeness (QED) is 0.426. The predicted octanol–water partition coefficient (Wildman–Crippen LogP) is 3.04. The van der Waals surface area contributed by atoms with Crippen molar-refractivity contribution in [1.29, 1.82) is 0 Å². The van der Waals surface area contributed by atoms with Gasteiger partial charge in [0, 0.05) is 0 Å². The molecule has 0 unspecified atom stereocenters. The zero-order chi connectivity index (χ0) is 10.4. The monoisotopic (exact) mass is 207 g/mol. The van der Waals surface area contributed by atoms with Gasteiger partial charge in [-0.3, -0.25) is 0 Å². The van der Waals surface area contributed by atoms with Gasteiger partial charge in [0.1, 0.15) is 5.16 Å². The van der Waals surface area contributed by atoms with Crippen molar-refractivity contribution in [3.8, 4) is 0 Å². The van der Waals surface area contributed by atoms with Crippen LogP contribution in [-0.4, -0.2) is 6.08 Å². The summed E-state index contributed by atoms with van der Waals surface area (Å²) >= 11 is 5.73. The molecule has 2 nitrogen and oxygen atoms in total. The highest BCUT2D eigenvalue weighted by Crippen LogP contribution is 2.15. The lowest BCUT2D eigenvalue weighted by Crippen LogP contribution is -1.87. The summed E-state index contributed by atoms with van der Waals surface area (Å²) in [6.45, 7) is 1.84. The number of carbonyl (C=O) groups excluding carboxylic acids is 1. The SMILES string of the molecule is C/C(Cc1ccccc1)=C(/Cl)N=C=O. The van der Waals surface area contributed by atoms with Crippen LogP contribution < -0.4 is 0 Å². The van der Waals surface area contributed by atoms with E-state index in [1.54, 1.807) is 0 Å². The van der Waals surface area contributed by atoms with Crippen LogP contribution in [0.5, 0.6) is 0 Å². The normalized spacial score (nSPS) is 11.6. The molecule has 0 atom stereocenters. The number of benzene rings is 1. The Morgan fingerprint density at radius 1 is 1.43 bits per heavy atom.